The highest BCUT2D eigenvalue weighted by Gasteiger charge is 2.42. The summed E-state index contributed by atoms with van der Waals surface area (Å²) in [6, 6.07) is 10.9. The number of aryl methyl sites for hydroxylation is 2. The Morgan fingerprint density at radius 1 is 1.11 bits per heavy atom. The van der Waals surface area contributed by atoms with Gasteiger partial charge in [-0.3, -0.25) is 19.3 Å². The third kappa shape index (κ3) is 5.63. The van der Waals surface area contributed by atoms with Gasteiger partial charge in [0, 0.05) is 54.6 Å². The van der Waals surface area contributed by atoms with Crippen LogP contribution >= 0.6 is 23.2 Å². The van der Waals surface area contributed by atoms with Gasteiger partial charge in [-0.25, -0.2) is 14.1 Å². The molecule has 4 aromatic rings. The Morgan fingerprint density at radius 2 is 1.89 bits per heavy atom. The van der Waals surface area contributed by atoms with Gasteiger partial charge in [0.1, 0.15) is 11.4 Å². The van der Waals surface area contributed by atoms with Gasteiger partial charge in [-0.1, -0.05) is 35.3 Å². The Labute approximate surface area is 274 Å². The predicted molar refractivity (Wildman–Crippen MR) is 172 cm³/mol. The number of rotatable bonds is 8. The van der Waals surface area contributed by atoms with E-state index in [0.717, 1.165) is 28.7 Å². The van der Waals surface area contributed by atoms with Crippen LogP contribution in [0.15, 0.2) is 53.5 Å². The van der Waals surface area contributed by atoms with Crippen molar-refractivity contribution in [2.24, 2.45) is 13.0 Å². The fourth-order valence-corrected chi connectivity index (χ4v) is 6.72. The highest BCUT2D eigenvalue weighted by atomic mass is 35.5. The number of anilines is 1. The average molecular weight is 667 g/mol. The van der Waals surface area contributed by atoms with E-state index in [0.29, 0.717) is 36.8 Å². The number of hydrogen-bond acceptors (Lipinski definition) is 8. The molecule has 1 atom stereocenters. The number of nitrogens with zero attached hydrogens (tertiary/aromatic N) is 4. The lowest BCUT2D eigenvalue weighted by Gasteiger charge is -2.42. The van der Waals surface area contributed by atoms with Crippen molar-refractivity contribution in [3.8, 4) is 28.3 Å². The van der Waals surface area contributed by atoms with Crippen LogP contribution in [0.3, 0.4) is 0 Å². The minimum absolute atomic E-state index is 0.0322. The van der Waals surface area contributed by atoms with Crippen molar-refractivity contribution in [2.75, 3.05) is 32.1 Å². The maximum absolute atomic E-state index is 15.5. The van der Waals surface area contributed by atoms with E-state index >= 15 is 4.39 Å². The first-order valence-electron chi connectivity index (χ1n) is 14.7. The second-order valence-corrected chi connectivity index (χ2v) is 11.9. The van der Waals surface area contributed by atoms with E-state index in [1.165, 1.54) is 25.4 Å². The van der Waals surface area contributed by atoms with Crippen LogP contribution in [-0.2, 0) is 23.0 Å². The fourth-order valence-electron chi connectivity index (χ4n) is 6.10. The number of ether oxygens (including phenoxy) is 2. The molecule has 1 aliphatic heterocycles. The van der Waals surface area contributed by atoms with Crippen molar-refractivity contribution in [3.63, 3.8) is 0 Å². The van der Waals surface area contributed by atoms with Gasteiger partial charge in [0.05, 0.1) is 41.1 Å². The van der Waals surface area contributed by atoms with Crippen molar-refractivity contribution in [3.05, 3.63) is 91.6 Å². The normalized spacial score (nSPS) is 16.1. The van der Waals surface area contributed by atoms with E-state index in [9.17, 15) is 14.4 Å². The highest BCUT2D eigenvalue weighted by Crippen LogP contribution is 2.47. The summed E-state index contributed by atoms with van der Waals surface area (Å²) in [5.74, 6) is -1.18. The number of pyridine rings is 1. The minimum Gasteiger partial charge on any atom is -0.481 e. The molecule has 0 bridgehead atoms. The van der Waals surface area contributed by atoms with Gasteiger partial charge in [-0.05, 0) is 55.7 Å². The molecule has 0 saturated carbocycles. The third-order valence-corrected chi connectivity index (χ3v) is 9.23. The molecule has 1 amide bonds. The van der Waals surface area contributed by atoms with Crippen molar-refractivity contribution in [2.45, 2.75) is 25.8 Å². The molecule has 3 heterocycles. The monoisotopic (exact) mass is 665 g/mol. The molecule has 10 nitrogen and oxygen atoms in total. The Kier molecular flexibility index (Phi) is 8.82. The number of esters is 1. The number of fused-ring (bicyclic) bond motifs is 1. The van der Waals surface area contributed by atoms with Crippen LogP contribution in [0.1, 0.15) is 40.9 Å². The highest BCUT2D eigenvalue weighted by molar-refractivity contribution is 6.39. The number of methoxy groups -OCH3 is 1. The van der Waals surface area contributed by atoms with Crippen LogP contribution in [0.5, 0.6) is 5.88 Å². The molecule has 1 unspecified atom stereocenters. The molecule has 1 N–H and O–H groups in total. The molecule has 0 spiro atoms. The number of carbonyl (C=O) groups is 2. The Bertz CT molecular complexity index is 1930. The van der Waals surface area contributed by atoms with Gasteiger partial charge >= 0.3 is 5.97 Å². The van der Waals surface area contributed by atoms with Gasteiger partial charge in [0.15, 0.2) is 0 Å². The molecule has 6 rings (SSSR count). The van der Waals surface area contributed by atoms with Crippen LogP contribution in [0.4, 0.5) is 10.1 Å². The van der Waals surface area contributed by atoms with Crippen molar-refractivity contribution >= 4 is 40.8 Å². The molecule has 1 fully saturated rings. The molecule has 13 heteroatoms. The van der Waals surface area contributed by atoms with E-state index in [-0.39, 0.29) is 50.4 Å². The molecular formula is C33H30Cl2FN5O5. The second kappa shape index (κ2) is 12.8. The standard InChI is InChI=1S/C33H30Cl2FN5O5/c1-4-46-33(44)18-15-41(16-18)25-11-8-17-14-24(39-31(45-3)26(17)25)19-9-10-22(36)27(29(19)35)20-6-5-7-23(28(20)34)38-30(42)21-12-13-37-40(2)32(21)43/h5-7,9-10,12-14,18,25H,4,8,11,15-16H2,1-3H3,(H,38,42). The van der Waals surface area contributed by atoms with Crippen LogP contribution in [0, 0.1) is 11.7 Å². The topological polar surface area (TPSA) is 116 Å². The lowest BCUT2D eigenvalue weighted by atomic mass is 9.95. The molecule has 2 aromatic carbocycles. The minimum atomic E-state index is -0.690. The van der Waals surface area contributed by atoms with Gasteiger partial charge < -0.3 is 14.8 Å². The number of amides is 1. The number of aromatic nitrogens is 3. The molecule has 2 aliphatic rings. The smallest absolute Gasteiger partial charge is 0.311 e. The summed E-state index contributed by atoms with van der Waals surface area (Å²) in [5.41, 5.74) is 2.73. The number of carbonyl (C=O) groups excluding carboxylic acids is 2. The number of halogens is 3. The van der Waals surface area contributed by atoms with Crippen LogP contribution < -0.4 is 15.6 Å². The molecule has 1 saturated heterocycles. The quantitative estimate of drug-likeness (QED) is 0.239. The van der Waals surface area contributed by atoms with Crippen LogP contribution in [0.2, 0.25) is 10.0 Å². The van der Waals surface area contributed by atoms with E-state index in [1.54, 1.807) is 38.3 Å². The summed E-state index contributed by atoms with van der Waals surface area (Å²) in [4.78, 5) is 44.5. The summed E-state index contributed by atoms with van der Waals surface area (Å²) in [5, 5.41) is 6.58. The van der Waals surface area contributed by atoms with Gasteiger partial charge in [0.2, 0.25) is 5.88 Å². The second-order valence-electron chi connectivity index (χ2n) is 11.1. The Hall–Kier alpha value is -4.32. The zero-order valence-corrected chi connectivity index (χ0v) is 26.8. The molecule has 46 heavy (non-hydrogen) atoms. The SMILES string of the molecule is CCOC(=O)C1CN(C2CCc3cc(-c4ccc(F)c(-c5cccc(NC(=O)c6ccnn(C)c6=O)c5Cl)c4Cl)nc(OC)c32)C1. The Morgan fingerprint density at radius 3 is 2.63 bits per heavy atom. The predicted octanol–water partition coefficient (Wildman–Crippen LogP) is 5.70. The number of hydrogen-bond donors (Lipinski definition) is 1. The molecule has 238 valence electrons. The Balaban J connectivity index is 1.32. The summed E-state index contributed by atoms with van der Waals surface area (Å²) in [6.45, 7) is 3.38. The summed E-state index contributed by atoms with van der Waals surface area (Å²) >= 11 is 13.6. The van der Waals surface area contributed by atoms with Crippen LogP contribution in [-0.4, -0.2) is 58.3 Å². The zero-order chi connectivity index (χ0) is 32.7. The summed E-state index contributed by atoms with van der Waals surface area (Å²) in [7, 11) is 2.99. The van der Waals surface area contributed by atoms with Gasteiger partial charge in [0.25, 0.3) is 11.5 Å². The first-order valence-corrected chi connectivity index (χ1v) is 15.5. The van der Waals surface area contributed by atoms with Crippen molar-refractivity contribution < 1.29 is 23.5 Å². The van der Waals surface area contributed by atoms with Gasteiger partial charge in [-0.15, -0.1) is 0 Å². The van der Waals surface area contributed by atoms with E-state index in [2.05, 4.69) is 15.3 Å². The molecule has 1 aliphatic carbocycles. The van der Waals surface area contributed by atoms with E-state index in [1.807, 2.05) is 6.07 Å². The number of nitrogens with one attached hydrogen (secondary N) is 1. The molecule has 0 radical (unpaired) electrons. The fraction of sp³-hybridized carbons (Fsp3) is 0.303. The molecular weight excluding hydrogens is 636 g/mol. The van der Waals surface area contributed by atoms with Crippen molar-refractivity contribution in [1.82, 2.24) is 19.7 Å². The third-order valence-electron chi connectivity index (χ3n) is 8.43. The maximum Gasteiger partial charge on any atom is 0.311 e. The largest absolute Gasteiger partial charge is 0.481 e. The van der Waals surface area contributed by atoms with Crippen molar-refractivity contribution in [1.29, 1.82) is 0 Å². The first kappa shape index (κ1) is 31.7. The van der Waals surface area contributed by atoms with Crippen LogP contribution in [0.25, 0.3) is 22.4 Å². The summed E-state index contributed by atoms with van der Waals surface area (Å²) in [6.07, 6.45) is 2.95. The maximum atomic E-state index is 15.5. The zero-order valence-electron chi connectivity index (χ0n) is 25.3. The van der Waals surface area contributed by atoms with E-state index in [4.69, 9.17) is 37.7 Å². The lowest BCUT2D eigenvalue weighted by Crippen LogP contribution is -2.51. The average Bonchev–Trinajstić information content (AvgIpc) is 3.43. The summed E-state index contributed by atoms with van der Waals surface area (Å²) < 4.78 is 27.5. The number of benzene rings is 2. The van der Waals surface area contributed by atoms with E-state index < -0.39 is 17.3 Å². The lowest BCUT2D eigenvalue weighted by molar-refractivity contribution is -0.155. The molecule has 2 aromatic heterocycles. The van der Waals surface area contributed by atoms with Gasteiger partial charge in [-0.2, -0.15) is 5.10 Å². The number of likely N-dealkylation sites (tertiary alicyclic amines) is 1. The first-order chi connectivity index (χ1) is 22.1.